The highest BCUT2D eigenvalue weighted by Crippen LogP contribution is 2.33. The van der Waals surface area contributed by atoms with Crippen LogP contribution in [0.15, 0.2) is 35.3 Å². The number of aromatic amines is 2. The number of benzene rings is 1. The number of aromatic nitrogens is 3. The number of imide groups is 1. The number of rotatable bonds is 5. The molecular weight excluding hydrogens is 516 g/mol. The number of nitrogens with zero attached hydrogens (tertiary/aromatic N) is 2. The summed E-state index contributed by atoms with van der Waals surface area (Å²) in [6.45, 7) is 12.5. The highest BCUT2D eigenvalue weighted by Gasteiger charge is 2.37. The minimum atomic E-state index is -0.838. The summed E-state index contributed by atoms with van der Waals surface area (Å²) < 4.78 is 13.2. The van der Waals surface area contributed by atoms with Gasteiger partial charge in [-0.05, 0) is 89.5 Å². The minimum Gasteiger partial charge on any atom is -0.443 e. The number of ether oxygens (including phenoxy) is 2. The molecule has 0 saturated carbocycles. The largest absolute Gasteiger partial charge is 0.443 e. The maximum Gasteiger partial charge on any atom is 0.420 e. The first-order valence-corrected chi connectivity index (χ1v) is 12.7. The first kappa shape index (κ1) is 28.5. The van der Waals surface area contributed by atoms with Gasteiger partial charge in [-0.15, -0.1) is 0 Å². The second-order valence-corrected chi connectivity index (χ2v) is 11.5. The van der Waals surface area contributed by atoms with Crippen LogP contribution in [-0.4, -0.2) is 42.8 Å². The number of hydrogen-bond acceptors (Lipinski definition) is 6. The number of carbonyl (C=O) groups excluding carboxylic acids is 2. The summed E-state index contributed by atoms with van der Waals surface area (Å²) in [5.74, 6) is 0. The van der Waals surface area contributed by atoms with E-state index in [1.807, 2.05) is 13.0 Å². The summed E-state index contributed by atoms with van der Waals surface area (Å²) in [6.07, 6.45) is 0.374. The zero-order chi connectivity index (χ0) is 27.7. The smallest absolute Gasteiger partial charge is 0.420 e. The lowest BCUT2D eigenvalue weighted by Crippen LogP contribution is -2.45. The fraction of sp³-hybridized carbons (Fsp3) is 0.462. The number of hydrogen-bond donors (Lipinski definition) is 2. The standard InChI is InChI=1S/C26H33ClN4O5S/c1-8-18(31(23(33)35-25(2,3)4)24(34)36-26(5,6)7)17-13-16(27)10-9-15(17)14-30-19-11-12-28-20(19)21(32)29-22(30)37/h9-13,18,28H,8,14H2,1-7H3,(H,29,32,37). The summed E-state index contributed by atoms with van der Waals surface area (Å²) in [4.78, 5) is 45.6. The molecule has 0 aliphatic rings. The van der Waals surface area contributed by atoms with Crippen molar-refractivity contribution in [3.8, 4) is 0 Å². The molecule has 1 aromatic carbocycles. The Balaban J connectivity index is 2.15. The summed E-state index contributed by atoms with van der Waals surface area (Å²) in [5, 5.41) is 0.433. The zero-order valence-electron chi connectivity index (χ0n) is 22.1. The quantitative estimate of drug-likeness (QED) is 0.343. The maximum absolute atomic E-state index is 13.4. The second-order valence-electron chi connectivity index (χ2n) is 10.7. The van der Waals surface area contributed by atoms with E-state index in [0.717, 1.165) is 10.5 Å². The van der Waals surface area contributed by atoms with Crippen molar-refractivity contribution in [2.75, 3.05) is 0 Å². The van der Waals surface area contributed by atoms with Crippen molar-refractivity contribution in [1.82, 2.24) is 19.4 Å². The fourth-order valence-corrected chi connectivity index (χ4v) is 4.38. The van der Waals surface area contributed by atoms with Crippen LogP contribution in [0.3, 0.4) is 0 Å². The second kappa shape index (κ2) is 10.7. The molecule has 2 aromatic heterocycles. The van der Waals surface area contributed by atoms with Crippen molar-refractivity contribution < 1.29 is 19.1 Å². The Labute approximate surface area is 225 Å². The molecule has 0 bridgehead atoms. The van der Waals surface area contributed by atoms with Gasteiger partial charge in [0.1, 0.15) is 16.7 Å². The van der Waals surface area contributed by atoms with Crippen molar-refractivity contribution in [3.63, 3.8) is 0 Å². The van der Waals surface area contributed by atoms with E-state index in [1.165, 1.54) is 0 Å². The predicted molar refractivity (Wildman–Crippen MR) is 146 cm³/mol. The Morgan fingerprint density at radius 3 is 2.22 bits per heavy atom. The van der Waals surface area contributed by atoms with Gasteiger partial charge in [0.25, 0.3) is 5.56 Å². The first-order chi connectivity index (χ1) is 17.1. The topological polar surface area (TPSA) is 109 Å². The van der Waals surface area contributed by atoms with Gasteiger partial charge in [0.05, 0.1) is 18.1 Å². The van der Waals surface area contributed by atoms with Crippen molar-refractivity contribution >= 4 is 47.0 Å². The van der Waals surface area contributed by atoms with E-state index in [1.54, 1.807) is 70.5 Å². The summed E-state index contributed by atoms with van der Waals surface area (Å²) >= 11 is 11.9. The molecule has 2 N–H and O–H groups in total. The SMILES string of the molecule is CCC(c1cc(Cl)ccc1Cn1c(=S)[nH]c(=O)c2[nH]ccc21)N(C(=O)OC(C)(C)C)C(=O)OC(C)(C)C. The number of carbonyl (C=O) groups is 2. The van der Waals surface area contributed by atoms with Gasteiger partial charge in [0.2, 0.25) is 0 Å². The van der Waals surface area contributed by atoms with Crippen LogP contribution < -0.4 is 5.56 Å². The zero-order valence-corrected chi connectivity index (χ0v) is 23.7. The molecule has 200 valence electrons. The van der Waals surface area contributed by atoms with Crippen LogP contribution >= 0.6 is 23.8 Å². The van der Waals surface area contributed by atoms with E-state index < -0.39 is 29.4 Å². The van der Waals surface area contributed by atoms with Crippen LogP contribution in [-0.2, 0) is 16.0 Å². The van der Waals surface area contributed by atoms with Gasteiger partial charge in [0, 0.05) is 11.2 Å². The van der Waals surface area contributed by atoms with Crippen LogP contribution in [0.25, 0.3) is 11.0 Å². The Morgan fingerprint density at radius 2 is 1.68 bits per heavy atom. The molecule has 2 heterocycles. The summed E-state index contributed by atoms with van der Waals surface area (Å²) in [6, 6.07) is 6.27. The van der Waals surface area contributed by atoms with E-state index in [2.05, 4.69) is 9.97 Å². The van der Waals surface area contributed by atoms with Gasteiger partial charge in [-0.2, -0.15) is 0 Å². The Kier molecular flexibility index (Phi) is 8.24. The molecule has 37 heavy (non-hydrogen) atoms. The van der Waals surface area contributed by atoms with Crippen LogP contribution in [0.1, 0.15) is 72.1 Å². The third-order valence-electron chi connectivity index (χ3n) is 5.38. The molecule has 0 radical (unpaired) electrons. The van der Waals surface area contributed by atoms with E-state index in [0.29, 0.717) is 28.0 Å². The highest BCUT2D eigenvalue weighted by molar-refractivity contribution is 7.71. The van der Waals surface area contributed by atoms with Gasteiger partial charge in [0.15, 0.2) is 4.77 Å². The average molecular weight is 549 g/mol. The molecule has 0 fully saturated rings. The molecule has 9 nitrogen and oxygen atoms in total. The van der Waals surface area contributed by atoms with Crippen molar-refractivity contribution in [2.45, 2.75) is 78.7 Å². The van der Waals surface area contributed by atoms with Gasteiger partial charge >= 0.3 is 12.2 Å². The van der Waals surface area contributed by atoms with E-state index in [9.17, 15) is 14.4 Å². The third kappa shape index (κ3) is 6.81. The minimum absolute atomic E-state index is 0.238. The molecule has 0 saturated heterocycles. The molecule has 0 spiro atoms. The Hall–Kier alpha value is -3.11. The third-order valence-corrected chi connectivity index (χ3v) is 5.94. The summed E-state index contributed by atoms with van der Waals surface area (Å²) in [5.41, 5.74) is 0.400. The lowest BCUT2D eigenvalue weighted by atomic mass is 9.97. The van der Waals surface area contributed by atoms with E-state index in [4.69, 9.17) is 33.3 Å². The molecule has 0 aliphatic carbocycles. The number of amides is 2. The average Bonchev–Trinajstić information content (AvgIpc) is 3.23. The monoisotopic (exact) mass is 548 g/mol. The molecular formula is C26H33ClN4O5S. The van der Waals surface area contributed by atoms with Crippen LogP contribution in [0.4, 0.5) is 9.59 Å². The Morgan fingerprint density at radius 1 is 1.08 bits per heavy atom. The normalized spacial score (nSPS) is 12.9. The predicted octanol–water partition coefficient (Wildman–Crippen LogP) is 6.71. The van der Waals surface area contributed by atoms with Crippen LogP contribution in [0.2, 0.25) is 5.02 Å². The fourth-order valence-electron chi connectivity index (χ4n) is 3.94. The number of fused-ring (bicyclic) bond motifs is 1. The summed E-state index contributed by atoms with van der Waals surface area (Å²) in [7, 11) is 0. The lowest BCUT2D eigenvalue weighted by Gasteiger charge is -2.34. The van der Waals surface area contributed by atoms with Gasteiger partial charge in [-0.25, -0.2) is 14.5 Å². The van der Waals surface area contributed by atoms with E-state index >= 15 is 0 Å². The van der Waals surface area contributed by atoms with Crippen molar-refractivity contribution in [3.05, 3.63) is 61.7 Å². The number of halogens is 1. The van der Waals surface area contributed by atoms with Crippen molar-refractivity contribution in [1.29, 1.82) is 0 Å². The molecule has 0 aliphatic heterocycles. The van der Waals surface area contributed by atoms with E-state index in [-0.39, 0.29) is 16.9 Å². The molecule has 3 aromatic rings. The first-order valence-electron chi connectivity index (χ1n) is 11.9. The Bertz CT molecular complexity index is 1400. The van der Waals surface area contributed by atoms with Gasteiger partial charge < -0.3 is 19.0 Å². The number of nitrogens with one attached hydrogen (secondary N) is 2. The van der Waals surface area contributed by atoms with Gasteiger partial charge in [-0.1, -0.05) is 24.6 Å². The highest BCUT2D eigenvalue weighted by atomic mass is 35.5. The van der Waals surface area contributed by atoms with Crippen LogP contribution in [0, 0.1) is 4.77 Å². The molecule has 3 rings (SSSR count). The van der Waals surface area contributed by atoms with Crippen LogP contribution in [0.5, 0.6) is 0 Å². The number of H-pyrrole nitrogens is 2. The van der Waals surface area contributed by atoms with Gasteiger partial charge in [-0.3, -0.25) is 9.78 Å². The molecule has 1 unspecified atom stereocenters. The molecule has 11 heteroatoms. The van der Waals surface area contributed by atoms with Crippen molar-refractivity contribution in [2.24, 2.45) is 0 Å². The molecule has 1 atom stereocenters. The lowest BCUT2D eigenvalue weighted by molar-refractivity contribution is -0.00812. The molecule has 2 amide bonds. The maximum atomic E-state index is 13.4.